The van der Waals surface area contributed by atoms with Crippen LogP contribution in [0.1, 0.15) is 80.9 Å². The highest BCUT2D eigenvalue weighted by Crippen LogP contribution is 2.36. The molecule has 36 heavy (non-hydrogen) atoms. The van der Waals surface area contributed by atoms with Crippen LogP contribution in [0.5, 0.6) is 5.75 Å². The van der Waals surface area contributed by atoms with Gasteiger partial charge in [-0.2, -0.15) is 0 Å². The van der Waals surface area contributed by atoms with E-state index in [4.69, 9.17) is 9.47 Å². The van der Waals surface area contributed by atoms with E-state index in [-0.39, 0.29) is 11.9 Å². The molecule has 0 N–H and O–H groups in total. The number of ether oxygens (including phenoxy) is 2. The number of nitrogens with zero attached hydrogens (tertiary/aromatic N) is 1. The van der Waals surface area contributed by atoms with Crippen LogP contribution in [-0.4, -0.2) is 36.6 Å². The number of hydrogen-bond donors (Lipinski definition) is 0. The van der Waals surface area contributed by atoms with E-state index in [1.54, 1.807) is 6.07 Å². The van der Waals surface area contributed by atoms with Crippen molar-refractivity contribution in [2.45, 2.75) is 72.6 Å². The molecule has 4 nitrogen and oxygen atoms in total. The first kappa shape index (κ1) is 29.1. The molecule has 0 fully saturated rings. The van der Waals surface area contributed by atoms with Gasteiger partial charge in [-0.3, -0.25) is 4.90 Å². The fourth-order valence-electron chi connectivity index (χ4n) is 4.51. The van der Waals surface area contributed by atoms with Crippen molar-refractivity contribution in [2.75, 3.05) is 13.7 Å². The average Bonchev–Trinajstić information content (AvgIpc) is 2.91. The van der Waals surface area contributed by atoms with Crippen molar-refractivity contribution in [2.24, 2.45) is 0 Å². The molecule has 1 atom stereocenters. The molecule has 0 bridgehead atoms. The maximum Gasteiger partial charge on any atom is 0.337 e. The summed E-state index contributed by atoms with van der Waals surface area (Å²) in [5.41, 5.74) is 3.86. The van der Waals surface area contributed by atoms with Crippen molar-refractivity contribution < 1.29 is 14.3 Å². The Kier molecular flexibility index (Phi) is 12.2. The lowest BCUT2D eigenvalue weighted by Crippen LogP contribution is -2.38. The van der Waals surface area contributed by atoms with Gasteiger partial charge in [-0.25, -0.2) is 4.79 Å². The number of benzene rings is 3. The van der Waals surface area contributed by atoms with Crippen molar-refractivity contribution >= 4 is 5.97 Å². The Balaban J connectivity index is 0.00000222. The first-order valence-electron chi connectivity index (χ1n) is 13.1. The molecule has 3 rings (SSSR count). The van der Waals surface area contributed by atoms with E-state index in [1.807, 2.05) is 50.2 Å². The van der Waals surface area contributed by atoms with Crippen molar-refractivity contribution in [3.63, 3.8) is 0 Å². The molecule has 1 unspecified atom stereocenters. The Morgan fingerprint density at radius 1 is 0.833 bits per heavy atom. The molecule has 3 aromatic rings. The summed E-state index contributed by atoms with van der Waals surface area (Å²) in [4.78, 5) is 14.9. The lowest BCUT2D eigenvalue weighted by molar-refractivity contribution is 0.0600. The van der Waals surface area contributed by atoms with Gasteiger partial charge in [-0.05, 0) is 70.0 Å². The molecule has 0 radical (unpaired) electrons. The molecule has 194 valence electrons. The van der Waals surface area contributed by atoms with E-state index in [0.29, 0.717) is 24.3 Å². The summed E-state index contributed by atoms with van der Waals surface area (Å²) in [6, 6.07) is 27.2. The van der Waals surface area contributed by atoms with Crippen molar-refractivity contribution in [3.05, 3.63) is 101 Å². The maximum atomic E-state index is 12.4. The van der Waals surface area contributed by atoms with Gasteiger partial charge < -0.3 is 9.47 Å². The number of rotatable bonds is 11. The van der Waals surface area contributed by atoms with Crippen molar-refractivity contribution in [3.8, 4) is 5.75 Å². The van der Waals surface area contributed by atoms with E-state index < -0.39 is 0 Å². The normalized spacial score (nSPS) is 11.7. The van der Waals surface area contributed by atoms with Crippen LogP contribution in [0, 0.1) is 0 Å². The molecule has 3 aromatic carbocycles. The highest BCUT2D eigenvalue weighted by atomic mass is 16.5. The third-order valence-electron chi connectivity index (χ3n) is 6.25. The Morgan fingerprint density at radius 3 is 1.97 bits per heavy atom. The van der Waals surface area contributed by atoms with Gasteiger partial charge in [-0.1, -0.05) is 74.5 Å². The predicted octanol–water partition coefficient (Wildman–Crippen LogP) is 7.72. The van der Waals surface area contributed by atoms with E-state index in [9.17, 15) is 4.79 Å². The highest BCUT2D eigenvalue weighted by Gasteiger charge is 2.23. The molecule has 0 heterocycles. The number of carbonyl (C=O) groups excluding carboxylic acids is 1. The van der Waals surface area contributed by atoms with Gasteiger partial charge in [0.2, 0.25) is 0 Å². The molecule has 0 aliphatic rings. The Labute approximate surface area is 218 Å². The molecule has 0 saturated carbocycles. The number of carbonyl (C=O) groups is 1. The second-order valence-electron chi connectivity index (χ2n) is 9.20. The third kappa shape index (κ3) is 8.23. The van der Waals surface area contributed by atoms with Gasteiger partial charge in [0.1, 0.15) is 12.4 Å². The minimum Gasteiger partial charge on any atom is -0.489 e. The van der Waals surface area contributed by atoms with Crippen LogP contribution in [0.3, 0.4) is 0 Å². The summed E-state index contributed by atoms with van der Waals surface area (Å²) < 4.78 is 11.3. The summed E-state index contributed by atoms with van der Waals surface area (Å²) in [5, 5.41) is 0. The van der Waals surface area contributed by atoms with Gasteiger partial charge in [0.25, 0.3) is 0 Å². The van der Waals surface area contributed by atoms with E-state index in [2.05, 4.69) is 69.0 Å². The number of methoxy groups -OCH3 is 1. The minimum absolute atomic E-state index is 0.0802. The lowest BCUT2D eigenvalue weighted by Gasteiger charge is -2.32. The molecule has 0 saturated heterocycles. The van der Waals surface area contributed by atoms with Crippen LogP contribution >= 0.6 is 0 Å². The van der Waals surface area contributed by atoms with Crippen LogP contribution < -0.4 is 4.74 Å². The molecule has 4 heteroatoms. The molecule has 0 spiro atoms. The van der Waals surface area contributed by atoms with Crippen LogP contribution in [-0.2, 0) is 11.3 Å². The largest absolute Gasteiger partial charge is 0.489 e. The number of esters is 1. The third-order valence-corrected chi connectivity index (χ3v) is 6.25. The predicted molar refractivity (Wildman–Crippen MR) is 150 cm³/mol. The van der Waals surface area contributed by atoms with Crippen LogP contribution in [0.15, 0.2) is 78.9 Å². The van der Waals surface area contributed by atoms with Crippen LogP contribution in [0.25, 0.3) is 0 Å². The molecule has 0 aliphatic carbocycles. The monoisotopic (exact) mass is 489 g/mol. The first-order valence-corrected chi connectivity index (χ1v) is 13.1. The van der Waals surface area contributed by atoms with E-state index >= 15 is 0 Å². The lowest BCUT2D eigenvalue weighted by atomic mass is 9.86. The summed E-state index contributed by atoms with van der Waals surface area (Å²) in [6.45, 7) is 14.4. The molecule has 0 aliphatic heterocycles. The van der Waals surface area contributed by atoms with Gasteiger partial charge in [0.05, 0.1) is 12.7 Å². The fourth-order valence-corrected chi connectivity index (χ4v) is 4.51. The Bertz CT molecular complexity index is 1020. The van der Waals surface area contributed by atoms with E-state index in [1.165, 1.54) is 12.7 Å². The molecule has 0 amide bonds. The first-order chi connectivity index (χ1) is 17.4. The summed E-state index contributed by atoms with van der Waals surface area (Å²) >= 11 is 0. The van der Waals surface area contributed by atoms with Crippen LogP contribution in [0.4, 0.5) is 0 Å². The van der Waals surface area contributed by atoms with Crippen molar-refractivity contribution in [1.29, 1.82) is 0 Å². The molecular weight excluding hydrogens is 446 g/mol. The Hall–Kier alpha value is -3.11. The second-order valence-corrected chi connectivity index (χ2v) is 9.20. The zero-order chi connectivity index (χ0) is 26.5. The zero-order valence-electron chi connectivity index (χ0n) is 23.0. The summed E-state index contributed by atoms with van der Waals surface area (Å²) in [7, 11) is 1.42. The zero-order valence-corrected chi connectivity index (χ0v) is 23.0. The van der Waals surface area contributed by atoms with Gasteiger partial charge in [-0.15, -0.1) is 0 Å². The quantitative estimate of drug-likeness (QED) is 0.258. The van der Waals surface area contributed by atoms with Gasteiger partial charge in [0, 0.05) is 23.6 Å². The molecular formula is C32H43NO3. The summed E-state index contributed by atoms with van der Waals surface area (Å²) in [6.07, 6.45) is 0.909. The maximum absolute atomic E-state index is 12.4. The van der Waals surface area contributed by atoms with Crippen molar-refractivity contribution in [1.82, 2.24) is 4.90 Å². The van der Waals surface area contributed by atoms with Gasteiger partial charge in [0.15, 0.2) is 0 Å². The standard InChI is InChI=1S/C30H37NO3.C2H6/c1-22(2)31(23(3)4)19-18-27(25-14-10-7-11-15-25)28-20-26(30(32)33-5)16-17-29(28)34-21-24-12-8-6-9-13-24;1-2/h6-17,20,22-23,27H,18-19,21H2,1-5H3;1-2H3. The summed E-state index contributed by atoms with van der Waals surface area (Å²) in [5.74, 6) is 0.538. The van der Waals surface area contributed by atoms with Crippen LogP contribution in [0.2, 0.25) is 0 Å². The second kappa shape index (κ2) is 15.1. The topological polar surface area (TPSA) is 38.8 Å². The fraction of sp³-hybridized carbons (Fsp3) is 0.406. The Morgan fingerprint density at radius 2 is 1.42 bits per heavy atom. The molecule has 0 aromatic heterocycles. The average molecular weight is 490 g/mol. The minimum atomic E-state index is -0.339. The van der Waals surface area contributed by atoms with E-state index in [0.717, 1.165) is 29.8 Å². The smallest absolute Gasteiger partial charge is 0.337 e. The highest BCUT2D eigenvalue weighted by molar-refractivity contribution is 5.89. The van der Waals surface area contributed by atoms with Gasteiger partial charge >= 0.3 is 5.97 Å². The SMILES string of the molecule is CC.COC(=O)c1ccc(OCc2ccccc2)c(C(CCN(C(C)C)C(C)C)c2ccccc2)c1. The number of hydrogen-bond acceptors (Lipinski definition) is 4.